The van der Waals surface area contributed by atoms with Crippen molar-refractivity contribution in [1.29, 1.82) is 0 Å². The molecular weight excluding hydrogens is 250 g/mol. The van der Waals surface area contributed by atoms with Crippen molar-refractivity contribution in [1.82, 2.24) is 4.31 Å². The topological polar surface area (TPSA) is 96.0 Å². The Morgan fingerprint density at radius 3 is 2.75 bits per heavy atom. The van der Waals surface area contributed by atoms with E-state index in [0.29, 0.717) is 0 Å². The summed E-state index contributed by atoms with van der Waals surface area (Å²) in [6, 6.07) is 2.46. The summed E-state index contributed by atoms with van der Waals surface area (Å²) < 4.78 is 25.3. The number of amidine groups is 1. The molecule has 1 aromatic heterocycles. The summed E-state index contributed by atoms with van der Waals surface area (Å²) in [7, 11) is -2.18. The zero-order valence-electron chi connectivity index (χ0n) is 8.86. The Bertz CT molecular complexity index is 467. The van der Waals surface area contributed by atoms with E-state index in [-0.39, 0.29) is 10.0 Å². The number of likely N-dealkylation sites (N-methyl/N-ethyl adjacent to an activating group) is 1. The molecule has 0 radical (unpaired) electrons. The number of oxime groups is 1. The van der Waals surface area contributed by atoms with Gasteiger partial charge in [0.15, 0.2) is 5.84 Å². The van der Waals surface area contributed by atoms with Crippen LogP contribution in [0.1, 0.15) is 6.92 Å². The molecule has 6 nitrogen and oxygen atoms in total. The van der Waals surface area contributed by atoms with E-state index >= 15 is 0 Å². The minimum Gasteiger partial charge on any atom is -0.409 e. The normalized spacial score (nSPS) is 15.3. The lowest BCUT2D eigenvalue weighted by Crippen LogP contribution is -2.43. The van der Waals surface area contributed by atoms with E-state index in [1.807, 2.05) is 0 Å². The predicted molar refractivity (Wildman–Crippen MR) is 62.1 cm³/mol. The molecule has 0 spiro atoms. The number of hydrogen-bond acceptors (Lipinski definition) is 5. The molecule has 1 unspecified atom stereocenters. The Kier molecular flexibility index (Phi) is 3.89. The fourth-order valence-electron chi connectivity index (χ4n) is 1.03. The fraction of sp³-hybridized carbons (Fsp3) is 0.375. The van der Waals surface area contributed by atoms with Gasteiger partial charge >= 0.3 is 0 Å². The number of rotatable bonds is 4. The zero-order chi connectivity index (χ0) is 12.3. The molecule has 3 N–H and O–H groups in total. The number of sulfonamides is 1. The molecule has 0 aliphatic carbocycles. The number of thiophene rings is 1. The van der Waals surface area contributed by atoms with Crippen molar-refractivity contribution in [3.8, 4) is 0 Å². The second-order valence-corrected chi connectivity index (χ2v) is 6.33. The molecule has 1 atom stereocenters. The summed E-state index contributed by atoms with van der Waals surface area (Å²) in [6.45, 7) is 1.54. The van der Waals surface area contributed by atoms with Crippen molar-refractivity contribution in [3.63, 3.8) is 0 Å². The molecule has 0 saturated carbocycles. The van der Waals surface area contributed by atoms with Gasteiger partial charge in [-0.15, -0.1) is 11.3 Å². The standard InChI is InChI=1S/C8H13N3O3S2/c1-6(8(9)10-12)11(2)16(13,14)7-4-3-5-15-7/h3-6,12H,1-2H3,(H2,9,10). The summed E-state index contributed by atoms with van der Waals surface area (Å²) in [5.41, 5.74) is 5.36. The van der Waals surface area contributed by atoms with Crippen molar-refractivity contribution >= 4 is 27.2 Å². The molecular formula is C8H13N3O3S2. The molecule has 1 rings (SSSR count). The van der Waals surface area contributed by atoms with Crippen LogP contribution in [0, 0.1) is 0 Å². The molecule has 0 aromatic carbocycles. The number of nitrogens with two attached hydrogens (primary N) is 1. The van der Waals surface area contributed by atoms with Gasteiger partial charge in [-0.25, -0.2) is 8.42 Å². The van der Waals surface area contributed by atoms with E-state index in [0.717, 1.165) is 15.6 Å². The average Bonchev–Trinajstić information content (AvgIpc) is 2.79. The van der Waals surface area contributed by atoms with E-state index < -0.39 is 16.1 Å². The van der Waals surface area contributed by atoms with E-state index in [1.165, 1.54) is 13.1 Å². The lowest BCUT2D eigenvalue weighted by atomic mass is 10.3. The van der Waals surface area contributed by atoms with Gasteiger partial charge in [0, 0.05) is 7.05 Å². The SMILES string of the molecule is CC(C(N)=NO)N(C)S(=O)(=O)c1cccs1. The molecule has 8 heteroatoms. The van der Waals surface area contributed by atoms with Gasteiger partial charge in [-0.1, -0.05) is 11.2 Å². The third kappa shape index (κ3) is 2.34. The maximum atomic E-state index is 12.0. The minimum atomic E-state index is -3.57. The third-order valence-corrected chi connectivity index (χ3v) is 5.52. The molecule has 0 aliphatic rings. The van der Waals surface area contributed by atoms with Crippen LogP contribution in [0.25, 0.3) is 0 Å². The van der Waals surface area contributed by atoms with Crippen molar-refractivity contribution in [2.75, 3.05) is 7.05 Å². The third-order valence-electron chi connectivity index (χ3n) is 2.22. The molecule has 1 heterocycles. The Morgan fingerprint density at radius 1 is 1.69 bits per heavy atom. The molecule has 16 heavy (non-hydrogen) atoms. The summed E-state index contributed by atoms with van der Waals surface area (Å²) in [5.74, 6) is -0.150. The Balaban J connectivity index is 3.03. The summed E-state index contributed by atoms with van der Waals surface area (Å²) >= 11 is 1.12. The first kappa shape index (κ1) is 12.9. The second kappa shape index (κ2) is 4.81. The monoisotopic (exact) mass is 263 g/mol. The van der Waals surface area contributed by atoms with Gasteiger partial charge in [0.2, 0.25) is 0 Å². The van der Waals surface area contributed by atoms with E-state index in [2.05, 4.69) is 5.16 Å². The van der Waals surface area contributed by atoms with Gasteiger partial charge in [0.25, 0.3) is 10.0 Å². The summed E-state index contributed by atoms with van der Waals surface area (Å²) in [5, 5.41) is 13.0. The van der Waals surface area contributed by atoms with Crippen molar-refractivity contribution in [3.05, 3.63) is 17.5 Å². The van der Waals surface area contributed by atoms with Crippen LogP contribution in [-0.2, 0) is 10.0 Å². The van der Waals surface area contributed by atoms with Crippen LogP contribution in [0.2, 0.25) is 0 Å². The molecule has 0 amide bonds. The first-order valence-electron chi connectivity index (χ1n) is 4.40. The molecule has 0 aliphatic heterocycles. The highest BCUT2D eigenvalue weighted by atomic mass is 32.2. The van der Waals surface area contributed by atoms with Gasteiger partial charge in [0.05, 0.1) is 6.04 Å². The van der Waals surface area contributed by atoms with Gasteiger partial charge in [-0.05, 0) is 18.4 Å². The van der Waals surface area contributed by atoms with Crippen LogP contribution in [0.4, 0.5) is 0 Å². The highest BCUT2D eigenvalue weighted by Gasteiger charge is 2.28. The van der Waals surface area contributed by atoms with E-state index in [4.69, 9.17) is 10.9 Å². The highest BCUT2D eigenvalue weighted by Crippen LogP contribution is 2.21. The van der Waals surface area contributed by atoms with Gasteiger partial charge in [0.1, 0.15) is 4.21 Å². The van der Waals surface area contributed by atoms with Crippen LogP contribution in [0.3, 0.4) is 0 Å². The van der Waals surface area contributed by atoms with E-state index in [1.54, 1.807) is 18.4 Å². The first-order chi connectivity index (χ1) is 7.41. The summed E-state index contributed by atoms with van der Waals surface area (Å²) in [4.78, 5) is 0. The predicted octanol–water partition coefficient (Wildman–Crippen LogP) is 0.504. The Hall–Kier alpha value is -1.12. The van der Waals surface area contributed by atoms with Crippen molar-refractivity contribution < 1.29 is 13.6 Å². The Morgan fingerprint density at radius 2 is 2.31 bits per heavy atom. The van der Waals surface area contributed by atoms with Crippen molar-refractivity contribution in [2.24, 2.45) is 10.9 Å². The van der Waals surface area contributed by atoms with Crippen LogP contribution in [-0.4, -0.2) is 36.9 Å². The largest absolute Gasteiger partial charge is 0.409 e. The van der Waals surface area contributed by atoms with Gasteiger partial charge < -0.3 is 10.9 Å². The molecule has 0 bridgehead atoms. The molecule has 1 aromatic rings. The van der Waals surface area contributed by atoms with Crippen LogP contribution in [0.5, 0.6) is 0 Å². The lowest BCUT2D eigenvalue weighted by molar-refractivity contribution is 0.311. The molecule has 90 valence electrons. The highest BCUT2D eigenvalue weighted by molar-refractivity contribution is 7.91. The zero-order valence-corrected chi connectivity index (χ0v) is 10.5. The molecule has 0 saturated heterocycles. The maximum Gasteiger partial charge on any atom is 0.252 e. The average molecular weight is 263 g/mol. The smallest absolute Gasteiger partial charge is 0.252 e. The first-order valence-corrected chi connectivity index (χ1v) is 6.72. The maximum absolute atomic E-state index is 12.0. The summed E-state index contributed by atoms with van der Waals surface area (Å²) in [6.07, 6.45) is 0. The van der Waals surface area contributed by atoms with E-state index in [9.17, 15) is 8.42 Å². The molecule has 0 fully saturated rings. The van der Waals surface area contributed by atoms with Gasteiger partial charge in [-0.3, -0.25) is 0 Å². The second-order valence-electron chi connectivity index (χ2n) is 3.15. The van der Waals surface area contributed by atoms with Gasteiger partial charge in [-0.2, -0.15) is 4.31 Å². The van der Waals surface area contributed by atoms with Crippen molar-refractivity contribution in [2.45, 2.75) is 17.2 Å². The van der Waals surface area contributed by atoms with Crippen LogP contribution < -0.4 is 5.73 Å². The minimum absolute atomic E-state index is 0.150. The van der Waals surface area contributed by atoms with Crippen LogP contribution in [0.15, 0.2) is 26.9 Å². The van der Waals surface area contributed by atoms with Crippen LogP contribution >= 0.6 is 11.3 Å². The number of hydrogen-bond donors (Lipinski definition) is 2. The lowest BCUT2D eigenvalue weighted by Gasteiger charge is -2.22. The quantitative estimate of drug-likeness (QED) is 0.358. The number of nitrogens with zero attached hydrogens (tertiary/aromatic N) is 2. The Labute approximate surface area is 98.0 Å². The fourth-order valence-corrected chi connectivity index (χ4v) is 3.54.